The van der Waals surface area contributed by atoms with Crippen LogP contribution < -0.4 is 31.1 Å². The third-order valence-corrected chi connectivity index (χ3v) is 12.1. The molecule has 2 spiro atoms. The summed E-state index contributed by atoms with van der Waals surface area (Å²) in [7, 11) is 0. The second-order valence-corrected chi connectivity index (χ2v) is 15.7. The third kappa shape index (κ3) is 9.50. The average Bonchev–Trinajstić information content (AvgIpc) is 3.75. The van der Waals surface area contributed by atoms with E-state index in [9.17, 15) is 45.5 Å². The molecule has 4 heterocycles. The molecule has 0 atom stereocenters. The number of hydrogen-bond donors (Lipinski definition) is 4. The normalized spacial score (nSPS) is 18.3. The molecule has 328 valence electrons. The fourth-order valence-electron chi connectivity index (χ4n) is 8.56. The fraction of sp³-hybridized carbons (Fsp3) is 0.364. The smallest absolute Gasteiger partial charge is 0.251 e. The van der Waals surface area contributed by atoms with Gasteiger partial charge in [-0.1, -0.05) is 12.1 Å². The van der Waals surface area contributed by atoms with Gasteiger partial charge in [-0.15, -0.1) is 0 Å². The molecule has 0 aliphatic carbocycles. The van der Waals surface area contributed by atoms with Crippen molar-refractivity contribution in [1.82, 2.24) is 31.1 Å². The summed E-state index contributed by atoms with van der Waals surface area (Å²) in [6, 6.07) is 18.5. The summed E-state index contributed by atoms with van der Waals surface area (Å²) >= 11 is 0. The van der Waals surface area contributed by atoms with E-state index in [2.05, 4.69) is 31.1 Å². The van der Waals surface area contributed by atoms with Crippen LogP contribution >= 0.6 is 0 Å². The van der Waals surface area contributed by atoms with Crippen molar-refractivity contribution in [3.63, 3.8) is 0 Å². The molecule has 0 aromatic heterocycles. The van der Waals surface area contributed by atoms with E-state index >= 15 is 0 Å². The SMILES string of the molecule is O=C(NCCN1CCC2(CC1)C(=O)NCN2c1cccc(F)c1)c1ccc(F)c(F)c1.O=C(NCCN1CCC2(CC1)C(=O)NCN2c1cccc(F)c1)c1ccc(F)c(F)c1. The molecule has 0 unspecified atom stereocenters. The highest BCUT2D eigenvalue weighted by Crippen LogP contribution is 2.38. The zero-order valence-electron chi connectivity index (χ0n) is 33.7. The van der Waals surface area contributed by atoms with Crippen LogP contribution in [0.3, 0.4) is 0 Å². The summed E-state index contributed by atoms with van der Waals surface area (Å²) < 4.78 is 80.0. The summed E-state index contributed by atoms with van der Waals surface area (Å²) in [4.78, 5) is 57.7. The Hall–Kier alpha value is -6.14. The maximum absolute atomic E-state index is 13.7. The summed E-state index contributed by atoms with van der Waals surface area (Å²) in [5, 5.41) is 11.2. The molecule has 4 amide bonds. The first kappa shape index (κ1) is 43.9. The van der Waals surface area contributed by atoms with Gasteiger partial charge in [0.25, 0.3) is 11.8 Å². The van der Waals surface area contributed by atoms with E-state index in [1.165, 1.54) is 36.4 Å². The number of amides is 4. The molecule has 18 heteroatoms. The van der Waals surface area contributed by atoms with Crippen molar-refractivity contribution < 1.29 is 45.5 Å². The van der Waals surface area contributed by atoms with Crippen LogP contribution in [-0.2, 0) is 9.59 Å². The van der Waals surface area contributed by atoms with Gasteiger partial charge in [0.2, 0.25) is 11.8 Å². The number of benzene rings is 4. The second kappa shape index (κ2) is 18.9. The van der Waals surface area contributed by atoms with E-state index in [1.807, 2.05) is 9.80 Å². The first-order valence-corrected chi connectivity index (χ1v) is 20.3. The third-order valence-electron chi connectivity index (χ3n) is 12.1. The predicted octanol–water partition coefficient (Wildman–Crippen LogP) is 4.52. The largest absolute Gasteiger partial charge is 0.351 e. The number of nitrogens with zero attached hydrogens (tertiary/aromatic N) is 4. The molecule has 4 aliphatic heterocycles. The van der Waals surface area contributed by atoms with Crippen molar-refractivity contribution in [2.45, 2.75) is 36.8 Å². The van der Waals surface area contributed by atoms with E-state index in [0.717, 1.165) is 24.3 Å². The Morgan fingerprint density at radius 2 is 0.919 bits per heavy atom. The number of nitrogens with one attached hydrogen (secondary N) is 4. The lowest BCUT2D eigenvalue weighted by Crippen LogP contribution is -2.57. The van der Waals surface area contributed by atoms with Gasteiger partial charge < -0.3 is 40.9 Å². The van der Waals surface area contributed by atoms with Crippen LogP contribution in [0.25, 0.3) is 0 Å². The van der Waals surface area contributed by atoms with Crippen molar-refractivity contribution in [1.29, 1.82) is 0 Å². The molecule has 8 rings (SSSR count). The van der Waals surface area contributed by atoms with Gasteiger partial charge in [-0.3, -0.25) is 19.2 Å². The average molecular weight is 865 g/mol. The van der Waals surface area contributed by atoms with Gasteiger partial charge in [0.15, 0.2) is 23.3 Å². The van der Waals surface area contributed by atoms with Crippen molar-refractivity contribution >= 4 is 35.0 Å². The molecular weight excluding hydrogens is 819 g/mol. The van der Waals surface area contributed by atoms with Gasteiger partial charge in [-0.2, -0.15) is 0 Å². The summed E-state index contributed by atoms with van der Waals surface area (Å²) in [5.41, 5.74) is 0.0455. The molecule has 12 nitrogen and oxygen atoms in total. The number of piperidine rings is 2. The molecule has 0 saturated carbocycles. The van der Waals surface area contributed by atoms with E-state index < -0.39 is 46.2 Å². The van der Waals surface area contributed by atoms with Crippen molar-refractivity contribution in [3.05, 3.63) is 131 Å². The Morgan fingerprint density at radius 3 is 1.27 bits per heavy atom. The predicted molar refractivity (Wildman–Crippen MR) is 218 cm³/mol. The van der Waals surface area contributed by atoms with E-state index in [4.69, 9.17) is 0 Å². The van der Waals surface area contributed by atoms with Crippen molar-refractivity contribution in [2.75, 3.05) is 75.5 Å². The lowest BCUT2D eigenvalue weighted by Gasteiger charge is -2.43. The van der Waals surface area contributed by atoms with Crippen LogP contribution in [0.2, 0.25) is 0 Å². The molecule has 0 bridgehead atoms. The van der Waals surface area contributed by atoms with Gasteiger partial charge >= 0.3 is 0 Å². The number of carbonyl (C=O) groups excluding carboxylic acids is 4. The van der Waals surface area contributed by atoms with Crippen LogP contribution in [-0.4, -0.2) is 110 Å². The Bertz CT molecular complexity index is 2140. The molecule has 4 fully saturated rings. The minimum Gasteiger partial charge on any atom is -0.351 e. The highest BCUT2D eigenvalue weighted by atomic mass is 19.2. The van der Waals surface area contributed by atoms with Gasteiger partial charge in [0.05, 0.1) is 13.3 Å². The molecule has 4 aromatic carbocycles. The van der Waals surface area contributed by atoms with E-state index in [-0.39, 0.29) is 34.6 Å². The topological polar surface area (TPSA) is 129 Å². The van der Waals surface area contributed by atoms with Gasteiger partial charge in [-0.05, 0) is 98.5 Å². The maximum Gasteiger partial charge on any atom is 0.251 e. The molecule has 4 aromatic rings. The van der Waals surface area contributed by atoms with Crippen molar-refractivity contribution in [2.24, 2.45) is 0 Å². The number of halogens is 6. The molecule has 4 saturated heterocycles. The highest BCUT2D eigenvalue weighted by molar-refractivity contribution is 5.95. The lowest BCUT2D eigenvalue weighted by molar-refractivity contribution is -0.125. The van der Waals surface area contributed by atoms with Crippen LogP contribution in [0.15, 0.2) is 84.9 Å². The zero-order chi connectivity index (χ0) is 44.0. The Kier molecular flexibility index (Phi) is 13.4. The minimum atomic E-state index is -1.06. The Labute approximate surface area is 354 Å². The van der Waals surface area contributed by atoms with Crippen LogP contribution in [0.5, 0.6) is 0 Å². The zero-order valence-corrected chi connectivity index (χ0v) is 33.7. The van der Waals surface area contributed by atoms with Gasteiger partial charge in [-0.25, -0.2) is 26.3 Å². The monoisotopic (exact) mass is 864 g/mol. The quantitative estimate of drug-likeness (QED) is 0.172. The first-order chi connectivity index (χ1) is 29.8. The van der Waals surface area contributed by atoms with E-state index in [1.54, 1.807) is 24.3 Å². The number of rotatable bonds is 10. The number of likely N-dealkylation sites (tertiary alicyclic amines) is 2. The van der Waals surface area contributed by atoms with Crippen LogP contribution in [0.4, 0.5) is 37.7 Å². The second-order valence-electron chi connectivity index (χ2n) is 15.7. The molecule has 0 radical (unpaired) electrons. The Balaban J connectivity index is 0.000000186. The molecular formula is C44H46F6N8O4. The fourth-order valence-corrected chi connectivity index (χ4v) is 8.56. The first-order valence-electron chi connectivity index (χ1n) is 20.3. The summed E-state index contributed by atoms with van der Waals surface area (Å²) in [5.74, 6) is -5.87. The number of hydrogen-bond acceptors (Lipinski definition) is 8. The summed E-state index contributed by atoms with van der Waals surface area (Å²) in [6.07, 6.45) is 2.30. The molecule has 4 N–H and O–H groups in total. The maximum atomic E-state index is 13.7. The van der Waals surface area contributed by atoms with Gasteiger partial charge in [0, 0.05) is 74.9 Å². The van der Waals surface area contributed by atoms with Crippen LogP contribution in [0.1, 0.15) is 46.4 Å². The van der Waals surface area contributed by atoms with Gasteiger partial charge in [0.1, 0.15) is 22.7 Å². The molecule has 4 aliphatic rings. The highest BCUT2D eigenvalue weighted by Gasteiger charge is 2.51. The Morgan fingerprint density at radius 1 is 0.532 bits per heavy atom. The van der Waals surface area contributed by atoms with Crippen LogP contribution in [0, 0.1) is 34.9 Å². The van der Waals surface area contributed by atoms with E-state index in [0.29, 0.717) is 103 Å². The minimum absolute atomic E-state index is 0.0527. The standard InChI is InChI=1S/2C22H23F3N4O2/c2*23-16-2-1-3-17(13-16)29-14-27-21(31)22(29)6-9-28(10-7-22)11-8-26-20(30)15-4-5-18(24)19(25)12-15/h2*1-5,12-13H,6-11,14H2,(H,26,30)(H,27,31). The number of carbonyl (C=O) groups is 4. The number of anilines is 2. The lowest BCUT2D eigenvalue weighted by atomic mass is 9.85. The molecule has 62 heavy (non-hydrogen) atoms. The van der Waals surface area contributed by atoms with Crippen molar-refractivity contribution in [3.8, 4) is 0 Å². The summed E-state index contributed by atoms with van der Waals surface area (Å²) in [6.45, 7) is 5.04.